The molecule has 3 amide bonds. The highest BCUT2D eigenvalue weighted by Crippen LogP contribution is 2.40. The number of carbonyl (C=O) groups excluding carboxylic acids is 4. The average molecular weight is 952 g/mol. The monoisotopic (exact) mass is 951 g/mol. The van der Waals surface area contributed by atoms with E-state index < -0.39 is 58.3 Å². The number of benzene rings is 3. The number of hydrogen-bond donors (Lipinski definition) is 2. The molecule has 2 N–H and O–H groups in total. The number of rotatable bonds is 17. The van der Waals surface area contributed by atoms with Crippen LogP contribution in [0.1, 0.15) is 82.7 Å². The van der Waals surface area contributed by atoms with Gasteiger partial charge in [0.05, 0.1) is 41.8 Å². The number of unbranched alkanes of at least 4 members (excludes halogenated alkanes) is 1. The molecule has 356 valence electrons. The van der Waals surface area contributed by atoms with Crippen molar-refractivity contribution in [3.63, 3.8) is 0 Å². The number of ether oxygens (including phenoxy) is 2. The van der Waals surface area contributed by atoms with Crippen molar-refractivity contribution in [1.29, 1.82) is 10.5 Å². The van der Waals surface area contributed by atoms with E-state index in [4.69, 9.17) is 32.2 Å². The molecule has 2 saturated heterocycles. The number of β-amino-alcohol motifs (C(OH)–C–C–N with tert-alkyl or cyclic N) is 1. The van der Waals surface area contributed by atoms with Crippen molar-refractivity contribution >= 4 is 52.2 Å². The molecule has 2 fully saturated rings. The summed E-state index contributed by atoms with van der Waals surface area (Å²) in [6, 6.07) is 24.7. The fourth-order valence-corrected chi connectivity index (χ4v) is 8.65. The van der Waals surface area contributed by atoms with Gasteiger partial charge < -0.3 is 29.7 Å². The van der Waals surface area contributed by atoms with Crippen LogP contribution < -0.4 is 19.9 Å². The largest absolute Gasteiger partial charge is 0.494 e. The number of carbonyl (C=O) groups is 4. The van der Waals surface area contributed by atoms with Crippen LogP contribution in [-0.2, 0) is 36.6 Å². The van der Waals surface area contributed by atoms with Crippen LogP contribution >= 0.6 is 12.2 Å². The Balaban J connectivity index is 0.942. The predicted octanol–water partition coefficient (Wildman–Crippen LogP) is 7.50. The number of ketones is 1. The summed E-state index contributed by atoms with van der Waals surface area (Å²) in [5, 5.41) is 31.5. The molecule has 3 aromatic carbocycles. The highest BCUT2D eigenvalue weighted by atomic mass is 32.1. The Labute approximate surface area is 398 Å². The lowest BCUT2D eigenvalue weighted by Crippen LogP contribution is -2.50. The molecule has 14 nitrogen and oxygen atoms in total. The van der Waals surface area contributed by atoms with Gasteiger partial charge in [-0.3, -0.25) is 24.1 Å². The summed E-state index contributed by atoms with van der Waals surface area (Å²) in [5.74, 6) is -1.70. The van der Waals surface area contributed by atoms with Crippen molar-refractivity contribution in [2.45, 2.75) is 90.7 Å². The van der Waals surface area contributed by atoms with E-state index >= 15 is 0 Å². The van der Waals surface area contributed by atoms with Gasteiger partial charge in [-0.05, 0) is 103 Å². The molecule has 3 atom stereocenters. The van der Waals surface area contributed by atoms with Crippen molar-refractivity contribution in [1.82, 2.24) is 15.2 Å². The van der Waals surface area contributed by atoms with E-state index in [-0.39, 0.29) is 55.0 Å². The minimum absolute atomic E-state index is 0.0168. The van der Waals surface area contributed by atoms with Gasteiger partial charge in [0.2, 0.25) is 11.8 Å². The molecule has 1 aromatic heterocycles. The normalized spacial score (nSPS) is 17.4. The lowest BCUT2D eigenvalue weighted by atomic mass is 9.77. The average Bonchev–Trinajstić information content (AvgIpc) is 3.78. The molecule has 0 bridgehead atoms. The highest BCUT2D eigenvalue weighted by Gasteiger charge is 2.51. The number of halogens is 3. The van der Waals surface area contributed by atoms with Crippen molar-refractivity contribution < 1.29 is 46.9 Å². The maximum absolute atomic E-state index is 13.9. The molecule has 4 aromatic rings. The molecule has 3 heterocycles. The van der Waals surface area contributed by atoms with E-state index in [9.17, 15) is 37.5 Å². The van der Waals surface area contributed by atoms with Crippen LogP contribution in [0.2, 0.25) is 0 Å². The summed E-state index contributed by atoms with van der Waals surface area (Å²) in [7, 11) is 0. The highest BCUT2D eigenvalue weighted by molar-refractivity contribution is 7.81. The number of Topliss-reactive ketones (excluding diaryl/α,β-unsaturated/α-hetero) is 1. The van der Waals surface area contributed by atoms with E-state index in [0.29, 0.717) is 49.1 Å². The topological polar surface area (TPSA) is 189 Å². The van der Waals surface area contributed by atoms with Gasteiger partial charge in [0.15, 0.2) is 16.6 Å². The number of amides is 3. The molecular formula is C50H52F3N7O7S. The van der Waals surface area contributed by atoms with Crippen LogP contribution in [0.25, 0.3) is 11.1 Å². The third kappa shape index (κ3) is 11.7. The Morgan fingerprint density at radius 3 is 2.18 bits per heavy atom. The minimum atomic E-state index is -4.87. The smallest absolute Gasteiger partial charge is 0.419 e. The molecule has 0 aliphatic carbocycles. The zero-order chi connectivity index (χ0) is 49.6. The summed E-state index contributed by atoms with van der Waals surface area (Å²) in [6.07, 6.45) is -3.47. The number of likely N-dealkylation sites (tertiary alicyclic amines) is 1. The first-order chi connectivity index (χ1) is 32.1. The van der Waals surface area contributed by atoms with Crippen molar-refractivity contribution in [3.8, 4) is 29.0 Å². The van der Waals surface area contributed by atoms with Crippen molar-refractivity contribution in [2.24, 2.45) is 11.3 Å². The summed E-state index contributed by atoms with van der Waals surface area (Å²) in [4.78, 5) is 61.5. The maximum atomic E-state index is 13.9. The summed E-state index contributed by atoms with van der Waals surface area (Å²) >= 11 is 5.64. The molecule has 6 rings (SSSR count). The second kappa shape index (κ2) is 21.1. The number of nitriles is 2. The second-order valence-electron chi connectivity index (χ2n) is 18.3. The number of alkyl halides is 3. The zero-order valence-electron chi connectivity index (χ0n) is 38.3. The van der Waals surface area contributed by atoms with E-state index in [1.165, 1.54) is 11.0 Å². The van der Waals surface area contributed by atoms with Gasteiger partial charge in [0, 0.05) is 44.1 Å². The Morgan fingerprint density at radius 1 is 0.941 bits per heavy atom. The summed E-state index contributed by atoms with van der Waals surface area (Å²) < 4.78 is 52.7. The number of hydrogen-bond acceptors (Lipinski definition) is 11. The van der Waals surface area contributed by atoms with Crippen LogP contribution in [0.4, 0.5) is 24.5 Å². The fraction of sp³-hybridized carbons (Fsp3) is 0.400. The Hall–Kier alpha value is -6.73. The minimum Gasteiger partial charge on any atom is -0.494 e. The Morgan fingerprint density at radius 2 is 1.57 bits per heavy atom. The predicted molar refractivity (Wildman–Crippen MR) is 250 cm³/mol. The fourth-order valence-electron chi connectivity index (χ4n) is 8.13. The number of aromatic nitrogens is 1. The van der Waals surface area contributed by atoms with Gasteiger partial charge in [-0.15, -0.1) is 0 Å². The van der Waals surface area contributed by atoms with Crippen molar-refractivity contribution in [3.05, 3.63) is 107 Å². The summed E-state index contributed by atoms with van der Waals surface area (Å²) in [5.41, 5.74) is -0.598. The van der Waals surface area contributed by atoms with Gasteiger partial charge in [-0.1, -0.05) is 57.2 Å². The lowest BCUT2D eigenvalue weighted by Gasteiger charge is -2.34. The summed E-state index contributed by atoms with van der Waals surface area (Å²) in [6.45, 7) is 9.50. The first-order valence-corrected chi connectivity index (χ1v) is 22.4. The van der Waals surface area contributed by atoms with Gasteiger partial charge in [0.1, 0.15) is 30.0 Å². The maximum Gasteiger partial charge on any atom is 0.419 e. The zero-order valence-corrected chi connectivity index (χ0v) is 39.1. The number of pyridine rings is 1. The van der Waals surface area contributed by atoms with E-state index in [0.717, 1.165) is 27.8 Å². The number of nitrogens with one attached hydrogen (secondary N) is 1. The molecular weight excluding hydrogens is 900 g/mol. The first-order valence-electron chi connectivity index (χ1n) is 22.0. The molecule has 0 spiro atoms. The van der Waals surface area contributed by atoms with Crippen molar-refractivity contribution in [2.75, 3.05) is 36.2 Å². The van der Waals surface area contributed by atoms with Crippen LogP contribution in [0.15, 0.2) is 85.1 Å². The van der Waals surface area contributed by atoms with Crippen LogP contribution in [-0.4, -0.2) is 87.7 Å². The molecule has 2 aliphatic rings. The van der Waals surface area contributed by atoms with E-state index in [1.54, 1.807) is 55.1 Å². The molecule has 1 unspecified atom stereocenters. The molecule has 0 saturated carbocycles. The van der Waals surface area contributed by atoms with E-state index in [1.807, 2.05) is 63.2 Å². The quantitative estimate of drug-likeness (QED) is 0.0785. The van der Waals surface area contributed by atoms with Gasteiger partial charge >= 0.3 is 6.18 Å². The Kier molecular flexibility index (Phi) is 15.7. The second-order valence-corrected chi connectivity index (χ2v) is 18.6. The number of aliphatic hydroxyl groups excluding tert-OH is 1. The Bertz CT molecular complexity index is 2600. The van der Waals surface area contributed by atoms with Gasteiger partial charge in [-0.25, -0.2) is 4.98 Å². The van der Waals surface area contributed by atoms with Crippen LogP contribution in [0, 0.1) is 34.0 Å². The standard InChI is InChI=1S/C50H52F3N7O7S/c1-48(2,3)41(45(64)58-29-37(61)24-43(58)44(63)57-27-32-10-8-31(25-54)9-11-32)23-38(62)30-66-20-6-7-21-67-39-18-14-34(15-19-39)33-12-16-35(17-13-33)60-47(68)59(46(65)49(60,4)5)36-22-40(50(51,52)53)42(26-55)56-28-36/h8-19,22,28,37,41,43,61H,6-7,20-21,23-24,27,29-30H2,1-5H3,(H,57,63)/t37-,41?,43+/m1/s1. The molecule has 18 heteroatoms. The number of aliphatic hydroxyl groups is 1. The van der Waals surface area contributed by atoms with Gasteiger partial charge in [-0.2, -0.15) is 23.7 Å². The van der Waals surface area contributed by atoms with Crippen LogP contribution in [0.3, 0.4) is 0 Å². The SMILES string of the molecule is CC(C)(C)C(CC(=O)COCCCCOc1ccc(-c2ccc(N3C(=S)N(c4cnc(C#N)c(C(F)(F)F)c4)C(=O)C3(C)C)cc2)cc1)C(=O)N1C[C@H](O)C[C@H]1C(=O)NCc1ccc(C#N)cc1. The molecule has 2 aliphatic heterocycles. The van der Waals surface area contributed by atoms with Gasteiger partial charge in [0.25, 0.3) is 5.91 Å². The van der Waals surface area contributed by atoms with Crippen LogP contribution in [0.5, 0.6) is 5.75 Å². The third-order valence-electron chi connectivity index (χ3n) is 11.9. The first kappa shape index (κ1) is 50.7. The number of thiocarbonyl (C=S) groups is 1. The molecule has 68 heavy (non-hydrogen) atoms. The van der Waals surface area contributed by atoms with E-state index in [2.05, 4.69) is 10.3 Å². The number of nitrogens with zero attached hydrogens (tertiary/aromatic N) is 6. The third-order valence-corrected chi connectivity index (χ3v) is 12.3. The molecule has 0 radical (unpaired) electrons. The lowest BCUT2D eigenvalue weighted by molar-refractivity contribution is -0.146. The number of anilines is 2.